The number of azide groups is 1. The Morgan fingerprint density at radius 2 is 0.597 bits per heavy atom. The molecule has 0 aliphatic carbocycles. The molecule has 12 aromatic carbocycles. The average Bonchev–Trinajstić information content (AvgIpc) is 1.10. The monoisotopic (exact) mass is 1920 g/mol. The van der Waals surface area contributed by atoms with Crippen LogP contribution in [0.5, 0.6) is 34.5 Å². The fourth-order valence-corrected chi connectivity index (χ4v) is 15.8. The Morgan fingerprint density at radius 3 is 0.896 bits per heavy atom. The molecule has 5 aromatic heterocycles. The molecule has 0 fully saturated rings. The first-order valence-corrected chi connectivity index (χ1v) is 49.9. The second-order valence-electron chi connectivity index (χ2n) is 34.8. The van der Waals surface area contributed by atoms with E-state index in [1.54, 1.807) is 18.6 Å². The van der Waals surface area contributed by atoms with Crippen LogP contribution in [-0.4, -0.2) is 121 Å². The van der Waals surface area contributed by atoms with E-state index in [0.29, 0.717) is 46.2 Å². The molecule has 27 nitrogen and oxygen atoms in total. The van der Waals surface area contributed by atoms with Crippen LogP contribution in [0.3, 0.4) is 0 Å². The van der Waals surface area contributed by atoms with Crippen LogP contribution in [0.2, 0.25) is 0 Å². The summed E-state index contributed by atoms with van der Waals surface area (Å²) >= 11 is 0. The van der Waals surface area contributed by atoms with Gasteiger partial charge in [0.2, 0.25) is 0 Å². The van der Waals surface area contributed by atoms with Crippen molar-refractivity contribution in [1.82, 2.24) is 75.0 Å². The highest BCUT2D eigenvalue weighted by Crippen LogP contribution is 2.40. The van der Waals surface area contributed by atoms with Crippen molar-refractivity contribution in [1.29, 1.82) is 0 Å². The molecule has 0 saturated heterocycles. The lowest BCUT2D eigenvalue weighted by molar-refractivity contribution is 0.293. The SMILES string of the molecule is C#Cc1ccc(N(c2ccc(C)cc2)c2ccc(CC)cc2)cc1.CCc1ccc(N(c2ccc(C)cc2)c2ccc(CC)cc2)cc1.Cc1ccc(N(c2ccc(-c3cn(CCCCOc4ccc(OCCCCn5ccnn5)cc4)nn3)cc2)c2ccc(-c3cnnn3CCCCOc3ccc(OCCCCn4ccnn4)cc3)cc2)cc1.[N-]=[N+]=NCCCCOc1ccc(OCCCCn2ccnn2)cc1. The highest BCUT2D eigenvalue weighted by Gasteiger charge is 2.19. The number of aromatic nitrogens is 15. The van der Waals surface area contributed by atoms with E-state index >= 15 is 0 Å². The Bertz CT molecular complexity index is 6540. The second-order valence-corrected chi connectivity index (χ2v) is 34.8. The van der Waals surface area contributed by atoms with Gasteiger partial charge >= 0.3 is 0 Å². The Balaban J connectivity index is 0.000000183. The molecule has 0 unspecified atom stereocenters. The Labute approximate surface area is 845 Å². The summed E-state index contributed by atoms with van der Waals surface area (Å²) in [7, 11) is 0. The van der Waals surface area contributed by atoms with Gasteiger partial charge in [0.1, 0.15) is 40.2 Å². The van der Waals surface area contributed by atoms with Gasteiger partial charge in [-0.2, -0.15) is 0 Å². The van der Waals surface area contributed by atoms with E-state index in [2.05, 4.69) is 330 Å². The molecule has 0 spiro atoms. The fourth-order valence-electron chi connectivity index (χ4n) is 15.8. The number of nitrogens with zero attached hydrogens (tertiary/aromatic N) is 21. The normalized spacial score (nSPS) is 10.8. The lowest BCUT2D eigenvalue weighted by Crippen LogP contribution is -2.10. The van der Waals surface area contributed by atoms with Crippen LogP contribution in [0.4, 0.5) is 51.2 Å². The van der Waals surface area contributed by atoms with E-state index in [4.69, 9.17) is 40.4 Å². The third kappa shape index (κ3) is 32.8. The minimum atomic E-state index is 0.517. The largest absolute Gasteiger partial charge is 0.494 e. The van der Waals surface area contributed by atoms with Crippen molar-refractivity contribution in [2.24, 2.45) is 5.11 Å². The molecule has 5 heterocycles. The summed E-state index contributed by atoms with van der Waals surface area (Å²) < 4.78 is 44.5. The Kier molecular flexibility index (Phi) is 40.6. The number of aryl methyl sites for hydroxylation is 11. The highest BCUT2D eigenvalue weighted by atomic mass is 16.5. The molecule has 0 aliphatic rings. The van der Waals surface area contributed by atoms with Crippen molar-refractivity contribution in [3.8, 4) is 69.4 Å². The quantitative estimate of drug-likeness (QED) is 0.0113. The number of unbranched alkanes of at least 4 members (excludes halogenated alkanes) is 6. The lowest BCUT2D eigenvalue weighted by atomic mass is 10.1. The van der Waals surface area contributed by atoms with Gasteiger partial charge in [0.25, 0.3) is 0 Å². The number of anilines is 9. The van der Waals surface area contributed by atoms with Crippen LogP contribution in [0.15, 0.2) is 346 Å². The maximum absolute atomic E-state index is 8.17. The van der Waals surface area contributed by atoms with Crippen molar-refractivity contribution >= 4 is 51.2 Å². The molecule has 0 amide bonds. The van der Waals surface area contributed by atoms with Crippen LogP contribution in [0, 0.1) is 33.1 Å². The van der Waals surface area contributed by atoms with Crippen molar-refractivity contribution in [2.75, 3.05) is 60.9 Å². The molecule has 0 bridgehead atoms. The number of rotatable bonds is 50. The van der Waals surface area contributed by atoms with E-state index < -0.39 is 0 Å². The summed E-state index contributed by atoms with van der Waals surface area (Å²) in [5, 5.41) is 44.5. The predicted molar refractivity (Wildman–Crippen MR) is 573 cm³/mol. The first kappa shape index (κ1) is 103. The first-order chi connectivity index (χ1) is 70.9. The maximum atomic E-state index is 8.17. The van der Waals surface area contributed by atoms with Gasteiger partial charge in [-0.15, -0.1) is 31.9 Å². The van der Waals surface area contributed by atoms with Gasteiger partial charge in [0.15, 0.2) is 0 Å². The predicted octanol–water partition coefficient (Wildman–Crippen LogP) is 26.8. The third-order valence-electron chi connectivity index (χ3n) is 24.1. The van der Waals surface area contributed by atoms with Crippen molar-refractivity contribution in [3.63, 3.8) is 0 Å². The van der Waals surface area contributed by atoms with Crippen LogP contribution in [0.25, 0.3) is 33.0 Å². The summed E-state index contributed by atoms with van der Waals surface area (Å²) in [6, 6.07) is 101. The molecular formula is C117H129N21O6. The van der Waals surface area contributed by atoms with Gasteiger partial charge in [0, 0.05) is 131 Å². The van der Waals surface area contributed by atoms with E-state index in [-0.39, 0.29) is 0 Å². The number of hydrogen-bond donors (Lipinski definition) is 0. The van der Waals surface area contributed by atoms with E-state index in [1.807, 2.05) is 139 Å². The van der Waals surface area contributed by atoms with Gasteiger partial charge in [0.05, 0.1) is 76.3 Å². The molecule has 0 aliphatic heterocycles. The molecule has 17 rings (SSSR count). The Morgan fingerprint density at radius 1 is 0.312 bits per heavy atom. The van der Waals surface area contributed by atoms with Crippen molar-refractivity contribution in [2.45, 2.75) is 171 Å². The minimum absolute atomic E-state index is 0.517. The first-order valence-electron chi connectivity index (χ1n) is 49.9. The smallest absolute Gasteiger partial charge is 0.119 e. The zero-order valence-corrected chi connectivity index (χ0v) is 83.3. The zero-order chi connectivity index (χ0) is 99.8. The number of benzene rings is 12. The number of ether oxygens (including phenoxy) is 6. The van der Waals surface area contributed by atoms with E-state index in [9.17, 15) is 0 Å². The molecule has 0 saturated carbocycles. The molecule has 144 heavy (non-hydrogen) atoms. The van der Waals surface area contributed by atoms with Crippen LogP contribution >= 0.6 is 0 Å². The van der Waals surface area contributed by atoms with Crippen molar-refractivity contribution < 1.29 is 28.4 Å². The lowest BCUT2D eigenvalue weighted by Gasteiger charge is -2.26. The summed E-state index contributed by atoms with van der Waals surface area (Å²) in [5.41, 5.74) is 30.8. The molecule has 738 valence electrons. The van der Waals surface area contributed by atoms with Gasteiger partial charge in [-0.1, -0.05) is 172 Å². The summed E-state index contributed by atoms with van der Waals surface area (Å²) in [6.45, 7) is 21.3. The average molecular weight is 1930 g/mol. The van der Waals surface area contributed by atoms with Crippen LogP contribution < -0.4 is 43.1 Å². The summed E-state index contributed by atoms with van der Waals surface area (Å²) in [4.78, 5) is 9.54. The standard InChI is InChI=1S/C55H61N13O4.C23H25N.C23H21N.C16H22N6O2/c1-44-10-16-47(17-11-44)68(48-18-12-45(13-19-48)54-43-66(63-59-54)34-4-8-40-71-52-24-22-50(23-25-52)69-38-6-2-32-64-36-30-56-60-64)49-20-14-46(15-21-49)55-42-58-62-67(55)35-5-9-41-72-53-28-26-51(27-29-53)70-39-7-3-33-65-37-31-57-61-65;2*1-4-19-8-14-22(15-9-19)24(21-12-6-18(3)7-13-21)23-16-10-20(5-2)11-17-23;17-20-18-9-1-3-13-23-15-5-7-16(8-6-15)24-14-4-2-11-22-12-10-19-21-22/h10-31,36-37,42-43H,2-9,32-35,38-41H2,1H3;6-17H,4-5H2,1-3H3;1,6-17H,5H2,2-3H3;5-8,10,12H,1-4,9,11,13-14H2. The maximum Gasteiger partial charge on any atom is 0.119 e. The number of hydrogen-bond acceptors (Lipinski definition) is 20. The van der Waals surface area contributed by atoms with E-state index in [0.717, 1.165) is 226 Å². The highest BCUT2D eigenvalue weighted by molar-refractivity contribution is 5.81. The summed E-state index contributed by atoms with van der Waals surface area (Å²) in [5.74, 6) is 7.67. The van der Waals surface area contributed by atoms with Gasteiger partial charge in [-0.25, -0.2) is 4.68 Å². The van der Waals surface area contributed by atoms with Gasteiger partial charge in [-0.05, 0) is 333 Å². The molecule has 0 atom stereocenters. The number of terminal acetylenes is 1. The molecule has 17 aromatic rings. The minimum Gasteiger partial charge on any atom is -0.494 e. The second kappa shape index (κ2) is 56.6. The molecule has 0 radical (unpaired) electrons. The fraction of sp³-hybridized carbons (Fsp3) is 0.282. The zero-order valence-electron chi connectivity index (χ0n) is 83.3. The molecule has 27 heteroatoms. The summed E-state index contributed by atoms with van der Waals surface area (Å²) in [6.07, 6.45) is 34.3. The molecular weight excluding hydrogens is 1800 g/mol. The van der Waals surface area contributed by atoms with Crippen LogP contribution in [-0.2, 0) is 52.0 Å². The topological polar surface area (TPSA) is 267 Å². The molecule has 0 N–H and O–H groups in total. The van der Waals surface area contributed by atoms with Gasteiger partial charge in [-0.3, -0.25) is 18.7 Å². The Hall–Kier alpha value is -16.6. The van der Waals surface area contributed by atoms with Crippen molar-refractivity contribution in [3.05, 3.63) is 390 Å². The third-order valence-corrected chi connectivity index (χ3v) is 24.1. The van der Waals surface area contributed by atoms with Gasteiger partial charge < -0.3 is 43.1 Å². The van der Waals surface area contributed by atoms with Crippen LogP contribution in [0.1, 0.15) is 137 Å². The van der Waals surface area contributed by atoms with E-state index in [1.165, 1.54) is 50.4 Å².